The van der Waals surface area contributed by atoms with E-state index < -0.39 is 0 Å². The number of hydrogen-bond donors (Lipinski definition) is 2. The molecule has 1 fully saturated rings. The Bertz CT molecular complexity index is 773. The third-order valence-corrected chi connectivity index (χ3v) is 4.80. The molecule has 1 saturated heterocycles. The number of nitrogens with one attached hydrogen (secondary N) is 1. The molecular formula is C21H30IN5O. The van der Waals surface area contributed by atoms with Gasteiger partial charge in [-0.05, 0) is 49.9 Å². The van der Waals surface area contributed by atoms with Crippen LogP contribution in [0.4, 0.5) is 5.82 Å². The normalized spacial score (nSPS) is 13.9. The van der Waals surface area contributed by atoms with Gasteiger partial charge in [0.1, 0.15) is 11.6 Å². The molecule has 0 saturated carbocycles. The minimum absolute atomic E-state index is 0. The van der Waals surface area contributed by atoms with Crippen molar-refractivity contribution in [2.24, 2.45) is 10.7 Å². The number of halogens is 1. The van der Waals surface area contributed by atoms with Crippen LogP contribution in [0.1, 0.15) is 29.7 Å². The number of aromatic nitrogens is 1. The highest BCUT2D eigenvalue weighted by molar-refractivity contribution is 14.0. The summed E-state index contributed by atoms with van der Waals surface area (Å²) in [6.07, 6.45) is 3.34. The number of aryl methyl sites for hydroxylation is 1. The van der Waals surface area contributed by atoms with Gasteiger partial charge < -0.3 is 20.7 Å². The van der Waals surface area contributed by atoms with Crippen LogP contribution in [0.15, 0.2) is 41.4 Å². The third kappa shape index (κ3) is 6.25. The van der Waals surface area contributed by atoms with Gasteiger partial charge >= 0.3 is 0 Å². The van der Waals surface area contributed by atoms with Crippen molar-refractivity contribution in [2.75, 3.05) is 31.6 Å². The third-order valence-electron chi connectivity index (χ3n) is 4.80. The lowest BCUT2D eigenvalue weighted by molar-refractivity contribution is 0.414. The molecule has 1 aromatic heterocycles. The van der Waals surface area contributed by atoms with Gasteiger partial charge in [-0.25, -0.2) is 9.98 Å². The average Bonchev–Trinajstić information content (AvgIpc) is 3.22. The molecule has 0 spiro atoms. The topological polar surface area (TPSA) is 75.8 Å². The van der Waals surface area contributed by atoms with E-state index in [4.69, 9.17) is 15.5 Å². The van der Waals surface area contributed by atoms with E-state index in [-0.39, 0.29) is 24.0 Å². The standard InChI is InChI=1S/C21H29N5O.HI/c1-16-5-8-18(20(25-16)26-13-3-4-14-26)15-24-21(22)23-12-11-17-6-9-19(27-2)10-7-17;/h5-10H,3-4,11-15H2,1-2H3,(H3,22,23,24);1H. The molecule has 28 heavy (non-hydrogen) atoms. The molecule has 0 amide bonds. The SMILES string of the molecule is COc1ccc(CCNC(N)=NCc2ccc(C)nc2N2CCCC2)cc1.I. The lowest BCUT2D eigenvalue weighted by atomic mass is 10.1. The summed E-state index contributed by atoms with van der Waals surface area (Å²) < 4.78 is 5.18. The molecule has 2 heterocycles. The molecular weight excluding hydrogens is 465 g/mol. The van der Waals surface area contributed by atoms with Gasteiger partial charge in [0.15, 0.2) is 5.96 Å². The van der Waals surface area contributed by atoms with Crippen LogP contribution >= 0.6 is 24.0 Å². The van der Waals surface area contributed by atoms with Gasteiger partial charge in [0, 0.05) is 30.9 Å². The summed E-state index contributed by atoms with van der Waals surface area (Å²) in [4.78, 5) is 11.6. The van der Waals surface area contributed by atoms with Gasteiger partial charge in [-0.15, -0.1) is 24.0 Å². The molecule has 1 aromatic carbocycles. The van der Waals surface area contributed by atoms with Crippen LogP contribution in [0.25, 0.3) is 0 Å². The van der Waals surface area contributed by atoms with Gasteiger partial charge in [-0.2, -0.15) is 0 Å². The van der Waals surface area contributed by atoms with Crippen molar-refractivity contribution in [2.45, 2.75) is 32.7 Å². The van der Waals surface area contributed by atoms with Crippen LogP contribution < -0.4 is 20.7 Å². The Kier molecular flexibility index (Phi) is 8.82. The zero-order valence-corrected chi connectivity index (χ0v) is 19.0. The quantitative estimate of drug-likeness (QED) is 0.351. The first-order valence-electron chi connectivity index (χ1n) is 9.54. The van der Waals surface area contributed by atoms with Gasteiger partial charge in [0.2, 0.25) is 0 Å². The second-order valence-corrected chi connectivity index (χ2v) is 6.86. The highest BCUT2D eigenvalue weighted by Crippen LogP contribution is 2.23. The summed E-state index contributed by atoms with van der Waals surface area (Å²) in [5.41, 5.74) is 9.45. The molecule has 0 unspecified atom stereocenters. The van der Waals surface area contributed by atoms with Crippen molar-refractivity contribution in [1.82, 2.24) is 10.3 Å². The Morgan fingerprint density at radius 3 is 2.57 bits per heavy atom. The van der Waals surface area contributed by atoms with Crippen molar-refractivity contribution in [3.05, 3.63) is 53.2 Å². The van der Waals surface area contributed by atoms with Gasteiger partial charge in [-0.1, -0.05) is 18.2 Å². The maximum Gasteiger partial charge on any atom is 0.188 e. The first kappa shape index (κ1) is 22.3. The largest absolute Gasteiger partial charge is 0.497 e. The Labute approximate surface area is 184 Å². The molecule has 3 rings (SSSR count). The van der Waals surface area contributed by atoms with Crippen LogP contribution in [-0.2, 0) is 13.0 Å². The summed E-state index contributed by atoms with van der Waals surface area (Å²) in [5.74, 6) is 2.40. The van der Waals surface area contributed by atoms with E-state index in [1.807, 2.05) is 25.1 Å². The van der Waals surface area contributed by atoms with E-state index >= 15 is 0 Å². The summed E-state index contributed by atoms with van der Waals surface area (Å²) in [5, 5.41) is 3.19. The molecule has 0 bridgehead atoms. The van der Waals surface area contributed by atoms with E-state index in [1.165, 1.54) is 18.4 Å². The van der Waals surface area contributed by atoms with Crippen LogP contribution in [0.5, 0.6) is 5.75 Å². The van der Waals surface area contributed by atoms with Crippen molar-refractivity contribution in [1.29, 1.82) is 0 Å². The van der Waals surface area contributed by atoms with E-state index in [1.54, 1.807) is 7.11 Å². The second-order valence-electron chi connectivity index (χ2n) is 6.86. The fourth-order valence-electron chi connectivity index (χ4n) is 3.25. The van der Waals surface area contributed by atoms with Crippen LogP contribution in [0.3, 0.4) is 0 Å². The molecule has 1 aliphatic rings. The number of aliphatic imine (C=N–C) groups is 1. The molecule has 1 aliphatic heterocycles. The monoisotopic (exact) mass is 495 g/mol. The zero-order valence-electron chi connectivity index (χ0n) is 16.6. The molecule has 0 radical (unpaired) electrons. The lowest BCUT2D eigenvalue weighted by Gasteiger charge is -2.20. The minimum Gasteiger partial charge on any atom is -0.497 e. The van der Waals surface area contributed by atoms with Crippen molar-refractivity contribution in [3.8, 4) is 5.75 Å². The fraction of sp³-hybridized carbons (Fsp3) is 0.429. The van der Waals surface area contributed by atoms with Gasteiger partial charge in [0.25, 0.3) is 0 Å². The fourth-order valence-corrected chi connectivity index (χ4v) is 3.25. The number of pyridine rings is 1. The first-order valence-corrected chi connectivity index (χ1v) is 9.54. The van der Waals surface area contributed by atoms with E-state index in [0.717, 1.165) is 48.9 Å². The Hall–Kier alpha value is -2.03. The van der Waals surface area contributed by atoms with Gasteiger partial charge in [-0.3, -0.25) is 0 Å². The summed E-state index contributed by atoms with van der Waals surface area (Å²) in [6.45, 7) is 5.46. The number of methoxy groups -OCH3 is 1. The number of ether oxygens (including phenoxy) is 1. The highest BCUT2D eigenvalue weighted by atomic mass is 127. The number of nitrogens with two attached hydrogens (primary N) is 1. The molecule has 3 N–H and O–H groups in total. The lowest BCUT2D eigenvalue weighted by Crippen LogP contribution is -2.33. The number of benzene rings is 1. The predicted octanol–water partition coefficient (Wildman–Crippen LogP) is 3.26. The summed E-state index contributed by atoms with van der Waals surface area (Å²) in [6, 6.07) is 12.2. The average molecular weight is 495 g/mol. The number of anilines is 1. The smallest absolute Gasteiger partial charge is 0.188 e. The van der Waals surface area contributed by atoms with E-state index in [2.05, 4.69) is 33.4 Å². The highest BCUT2D eigenvalue weighted by Gasteiger charge is 2.17. The van der Waals surface area contributed by atoms with Crippen molar-refractivity contribution in [3.63, 3.8) is 0 Å². The maximum atomic E-state index is 6.05. The van der Waals surface area contributed by atoms with E-state index in [9.17, 15) is 0 Å². The number of nitrogens with zero attached hydrogens (tertiary/aromatic N) is 3. The second kappa shape index (κ2) is 11.1. The van der Waals surface area contributed by atoms with Crippen LogP contribution in [0.2, 0.25) is 0 Å². The maximum absolute atomic E-state index is 6.05. The zero-order chi connectivity index (χ0) is 19.1. The number of rotatable bonds is 7. The minimum atomic E-state index is 0. The molecule has 2 aromatic rings. The summed E-state index contributed by atoms with van der Waals surface area (Å²) in [7, 11) is 1.67. The number of guanidine groups is 1. The first-order chi connectivity index (χ1) is 13.2. The Morgan fingerprint density at radius 2 is 1.89 bits per heavy atom. The molecule has 0 aliphatic carbocycles. The Morgan fingerprint density at radius 1 is 1.18 bits per heavy atom. The van der Waals surface area contributed by atoms with Crippen LogP contribution in [-0.4, -0.2) is 37.7 Å². The van der Waals surface area contributed by atoms with Gasteiger partial charge in [0.05, 0.1) is 13.7 Å². The Balaban J connectivity index is 0.00000280. The molecule has 0 atom stereocenters. The van der Waals surface area contributed by atoms with E-state index in [0.29, 0.717) is 12.5 Å². The van der Waals surface area contributed by atoms with Crippen LogP contribution in [0, 0.1) is 6.92 Å². The van der Waals surface area contributed by atoms with Crippen molar-refractivity contribution < 1.29 is 4.74 Å². The molecule has 152 valence electrons. The molecule has 6 nitrogen and oxygen atoms in total. The predicted molar refractivity (Wildman–Crippen MR) is 126 cm³/mol. The molecule has 7 heteroatoms. The van der Waals surface area contributed by atoms with Crippen molar-refractivity contribution >= 4 is 35.8 Å². The summed E-state index contributed by atoms with van der Waals surface area (Å²) >= 11 is 0. The number of hydrogen-bond acceptors (Lipinski definition) is 4.